The molecular weight excluding hydrogens is 305 g/mol. The van der Waals surface area contributed by atoms with Gasteiger partial charge in [-0.05, 0) is 36.8 Å². The van der Waals surface area contributed by atoms with E-state index in [1.807, 2.05) is 6.07 Å². The van der Waals surface area contributed by atoms with E-state index in [2.05, 4.69) is 15.9 Å². The molecule has 0 spiro atoms. The molecule has 2 aromatic rings. The predicted octanol–water partition coefficient (Wildman–Crippen LogP) is 4.80. The quantitative estimate of drug-likeness (QED) is 0.752. The summed E-state index contributed by atoms with van der Waals surface area (Å²) in [5.74, 6) is -0.328. The Balaban J connectivity index is 2.73. The van der Waals surface area contributed by atoms with Gasteiger partial charge in [0.15, 0.2) is 0 Å². The van der Waals surface area contributed by atoms with Gasteiger partial charge in [0.05, 0.1) is 0 Å². The summed E-state index contributed by atoms with van der Waals surface area (Å²) in [5.41, 5.74) is 8.10. The van der Waals surface area contributed by atoms with Gasteiger partial charge < -0.3 is 5.73 Å². The molecule has 0 fully saturated rings. The van der Waals surface area contributed by atoms with Gasteiger partial charge in [-0.1, -0.05) is 33.6 Å². The van der Waals surface area contributed by atoms with Crippen LogP contribution in [-0.2, 0) is 0 Å². The summed E-state index contributed by atoms with van der Waals surface area (Å²) in [6.45, 7) is 1.77. The molecule has 2 rings (SSSR count). The Bertz CT molecular complexity index is 564. The van der Waals surface area contributed by atoms with Gasteiger partial charge in [0, 0.05) is 26.3 Å². The zero-order chi connectivity index (χ0) is 12.6. The molecule has 0 aliphatic carbocycles. The van der Waals surface area contributed by atoms with Crippen molar-refractivity contribution >= 4 is 33.2 Å². The molecule has 0 aromatic heterocycles. The van der Waals surface area contributed by atoms with Gasteiger partial charge in [-0.2, -0.15) is 0 Å². The Morgan fingerprint density at radius 2 is 2.00 bits per heavy atom. The van der Waals surface area contributed by atoms with Crippen LogP contribution in [0.3, 0.4) is 0 Å². The van der Waals surface area contributed by atoms with E-state index in [9.17, 15) is 4.39 Å². The SMILES string of the molecule is Cc1cc(F)c(-c2c(Cl)cccc2Br)cc1N. The number of benzene rings is 2. The molecule has 0 atom stereocenters. The lowest BCUT2D eigenvalue weighted by Gasteiger charge is -2.10. The zero-order valence-corrected chi connectivity index (χ0v) is 11.4. The van der Waals surface area contributed by atoms with Crippen LogP contribution in [0.2, 0.25) is 5.02 Å². The molecule has 17 heavy (non-hydrogen) atoms. The number of aryl methyl sites for hydroxylation is 1. The van der Waals surface area contributed by atoms with Crippen molar-refractivity contribution in [3.63, 3.8) is 0 Å². The van der Waals surface area contributed by atoms with Crippen molar-refractivity contribution in [3.8, 4) is 11.1 Å². The first kappa shape index (κ1) is 12.4. The Kier molecular flexibility index (Phi) is 3.40. The Labute approximate surface area is 113 Å². The second-order valence-corrected chi connectivity index (χ2v) is 5.05. The van der Waals surface area contributed by atoms with Crippen LogP contribution in [0.15, 0.2) is 34.8 Å². The lowest BCUT2D eigenvalue weighted by atomic mass is 10.0. The van der Waals surface area contributed by atoms with E-state index >= 15 is 0 Å². The summed E-state index contributed by atoms with van der Waals surface area (Å²) in [6, 6.07) is 8.36. The molecule has 0 amide bonds. The van der Waals surface area contributed by atoms with Gasteiger partial charge in [-0.3, -0.25) is 0 Å². The predicted molar refractivity (Wildman–Crippen MR) is 73.7 cm³/mol. The van der Waals surface area contributed by atoms with E-state index < -0.39 is 0 Å². The average molecular weight is 315 g/mol. The lowest BCUT2D eigenvalue weighted by molar-refractivity contribution is 0.630. The first-order valence-corrected chi connectivity index (χ1v) is 6.18. The summed E-state index contributed by atoms with van der Waals surface area (Å²) in [6.07, 6.45) is 0. The van der Waals surface area contributed by atoms with Gasteiger partial charge in [-0.25, -0.2) is 4.39 Å². The van der Waals surface area contributed by atoms with Crippen LogP contribution in [0.5, 0.6) is 0 Å². The molecule has 2 N–H and O–H groups in total. The van der Waals surface area contributed by atoms with Crippen molar-refractivity contribution in [1.82, 2.24) is 0 Å². The molecule has 0 heterocycles. The molecule has 2 aromatic carbocycles. The van der Waals surface area contributed by atoms with Crippen LogP contribution in [0, 0.1) is 12.7 Å². The molecule has 0 unspecified atom stereocenters. The Hall–Kier alpha value is -1.06. The monoisotopic (exact) mass is 313 g/mol. The van der Waals surface area contributed by atoms with Gasteiger partial charge >= 0.3 is 0 Å². The minimum atomic E-state index is -0.328. The van der Waals surface area contributed by atoms with Crippen molar-refractivity contribution in [1.29, 1.82) is 0 Å². The van der Waals surface area contributed by atoms with E-state index in [4.69, 9.17) is 17.3 Å². The standard InChI is InChI=1S/C13H10BrClFN/c1-7-5-11(16)8(6-12(7)17)13-9(14)3-2-4-10(13)15/h2-6H,17H2,1H3. The van der Waals surface area contributed by atoms with Crippen molar-refractivity contribution in [2.45, 2.75) is 6.92 Å². The average Bonchev–Trinajstić information content (AvgIpc) is 2.25. The normalized spacial score (nSPS) is 10.6. The van der Waals surface area contributed by atoms with Crippen LogP contribution < -0.4 is 5.73 Å². The molecule has 88 valence electrons. The highest BCUT2D eigenvalue weighted by molar-refractivity contribution is 9.10. The highest BCUT2D eigenvalue weighted by Gasteiger charge is 2.13. The van der Waals surface area contributed by atoms with Crippen LogP contribution in [0.25, 0.3) is 11.1 Å². The molecule has 0 aliphatic rings. The third-order valence-electron chi connectivity index (χ3n) is 2.59. The van der Waals surface area contributed by atoms with E-state index in [1.54, 1.807) is 25.1 Å². The van der Waals surface area contributed by atoms with Gasteiger partial charge in [0.2, 0.25) is 0 Å². The fourth-order valence-electron chi connectivity index (χ4n) is 1.64. The maximum absolute atomic E-state index is 13.9. The van der Waals surface area contributed by atoms with E-state index in [1.165, 1.54) is 6.07 Å². The van der Waals surface area contributed by atoms with Gasteiger partial charge in [-0.15, -0.1) is 0 Å². The van der Waals surface area contributed by atoms with Crippen molar-refractivity contribution in [2.75, 3.05) is 5.73 Å². The third kappa shape index (κ3) is 2.31. The molecule has 0 saturated carbocycles. The molecular formula is C13H10BrClFN. The van der Waals surface area contributed by atoms with Crippen molar-refractivity contribution in [3.05, 3.63) is 51.2 Å². The number of nitrogens with two attached hydrogens (primary N) is 1. The topological polar surface area (TPSA) is 26.0 Å². The van der Waals surface area contributed by atoms with Crippen LogP contribution in [-0.4, -0.2) is 0 Å². The number of anilines is 1. The number of halogens is 3. The van der Waals surface area contributed by atoms with Crippen LogP contribution >= 0.6 is 27.5 Å². The fourth-order valence-corrected chi connectivity index (χ4v) is 2.61. The Morgan fingerprint density at radius 1 is 1.29 bits per heavy atom. The van der Waals surface area contributed by atoms with Crippen molar-refractivity contribution < 1.29 is 4.39 Å². The van der Waals surface area contributed by atoms with Gasteiger partial charge in [0.1, 0.15) is 5.82 Å². The molecule has 4 heteroatoms. The maximum Gasteiger partial charge on any atom is 0.131 e. The van der Waals surface area contributed by atoms with Crippen LogP contribution in [0.1, 0.15) is 5.56 Å². The van der Waals surface area contributed by atoms with E-state index in [0.717, 1.165) is 10.0 Å². The highest BCUT2D eigenvalue weighted by Crippen LogP contribution is 2.37. The first-order valence-electron chi connectivity index (χ1n) is 5.00. The maximum atomic E-state index is 13.9. The zero-order valence-electron chi connectivity index (χ0n) is 9.10. The Morgan fingerprint density at radius 3 is 2.65 bits per heavy atom. The molecule has 0 aliphatic heterocycles. The first-order chi connectivity index (χ1) is 8.00. The largest absolute Gasteiger partial charge is 0.398 e. The second-order valence-electron chi connectivity index (χ2n) is 3.79. The van der Waals surface area contributed by atoms with E-state index in [-0.39, 0.29) is 5.82 Å². The number of nitrogen functional groups attached to an aromatic ring is 1. The summed E-state index contributed by atoms with van der Waals surface area (Å²) in [5, 5.41) is 0.488. The molecule has 0 radical (unpaired) electrons. The molecule has 1 nitrogen and oxygen atoms in total. The summed E-state index contributed by atoms with van der Waals surface area (Å²) < 4.78 is 14.7. The number of rotatable bonds is 1. The highest BCUT2D eigenvalue weighted by atomic mass is 79.9. The minimum absolute atomic E-state index is 0.328. The van der Waals surface area contributed by atoms with Crippen molar-refractivity contribution in [2.24, 2.45) is 0 Å². The summed E-state index contributed by atoms with van der Waals surface area (Å²) >= 11 is 9.46. The second kappa shape index (κ2) is 4.67. The van der Waals surface area contributed by atoms with Crippen LogP contribution in [0.4, 0.5) is 10.1 Å². The van der Waals surface area contributed by atoms with E-state index in [0.29, 0.717) is 21.8 Å². The lowest BCUT2D eigenvalue weighted by Crippen LogP contribution is -1.94. The summed E-state index contributed by atoms with van der Waals surface area (Å²) in [4.78, 5) is 0. The summed E-state index contributed by atoms with van der Waals surface area (Å²) in [7, 11) is 0. The smallest absolute Gasteiger partial charge is 0.131 e. The fraction of sp³-hybridized carbons (Fsp3) is 0.0769. The van der Waals surface area contributed by atoms with Gasteiger partial charge in [0.25, 0.3) is 0 Å². The molecule has 0 saturated heterocycles. The number of hydrogen-bond donors (Lipinski definition) is 1. The molecule has 0 bridgehead atoms. The third-order valence-corrected chi connectivity index (χ3v) is 3.56. The number of hydrogen-bond acceptors (Lipinski definition) is 1. The minimum Gasteiger partial charge on any atom is -0.398 e.